The van der Waals surface area contributed by atoms with E-state index in [2.05, 4.69) is 20.8 Å². The summed E-state index contributed by atoms with van der Waals surface area (Å²) in [6, 6.07) is 7.83. The molecule has 1 aliphatic rings. The number of carbonyl (C=O) groups excluding carboxylic acids is 1. The van der Waals surface area contributed by atoms with Crippen molar-refractivity contribution in [1.29, 1.82) is 0 Å². The summed E-state index contributed by atoms with van der Waals surface area (Å²) in [5.74, 6) is -0.148. The fourth-order valence-corrected chi connectivity index (χ4v) is 2.72. The minimum atomic E-state index is -0.191. The molecular weight excluding hydrogens is 332 g/mol. The van der Waals surface area contributed by atoms with Gasteiger partial charge in [-0.05, 0) is 24.3 Å². The van der Waals surface area contributed by atoms with Crippen LogP contribution < -0.4 is 4.90 Å². The number of anilines is 1. The van der Waals surface area contributed by atoms with E-state index in [1.807, 2.05) is 24.3 Å². The highest BCUT2D eigenvalue weighted by Gasteiger charge is 2.29. The number of benzene rings is 1. The summed E-state index contributed by atoms with van der Waals surface area (Å²) in [6.07, 6.45) is 0. The van der Waals surface area contributed by atoms with Gasteiger partial charge in [-0.2, -0.15) is 0 Å². The summed E-state index contributed by atoms with van der Waals surface area (Å²) in [4.78, 5) is 15.5. The summed E-state index contributed by atoms with van der Waals surface area (Å²) < 4.78 is 1.03. The summed E-state index contributed by atoms with van der Waals surface area (Å²) in [5.41, 5.74) is 1.10. The maximum absolute atomic E-state index is 11.7. The number of hydrogen-bond donors (Lipinski definition) is 1. The number of alkyl halides is 1. The molecule has 1 aliphatic heterocycles. The van der Waals surface area contributed by atoms with Crippen molar-refractivity contribution in [2.45, 2.75) is 6.04 Å². The van der Waals surface area contributed by atoms with E-state index < -0.39 is 0 Å². The molecule has 6 heteroatoms. The monoisotopic (exact) mass is 346 g/mol. The van der Waals surface area contributed by atoms with Crippen molar-refractivity contribution < 1.29 is 9.90 Å². The van der Waals surface area contributed by atoms with Gasteiger partial charge in [-0.1, -0.05) is 15.9 Å². The molecule has 1 heterocycles. The molecule has 104 valence electrons. The standard InChI is InChI=1S/C13H16BrClN2O2/c14-10-1-3-11(4-2-10)16-5-6-17(13(19)7-15)12(8-16)9-18/h1-4,12,18H,5-9H2/t12-/m0/s1. The Morgan fingerprint density at radius 1 is 1.37 bits per heavy atom. The van der Waals surface area contributed by atoms with Crippen molar-refractivity contribution in [3.8, 4) is 0 Å². The normalized spacial score (nSPS) is 19.6. The summed E-state index contributed by atoms with van der Waals surface area (Å²) >= 11 is 8.99. The van der Waals surface area contributed by atoms with E-state index in [4.69, 9.17) is 11.6 Å². The van der Waals surface area contributed by atoms with Crippen LogP contribution in [0, 0.1) is 0 Å². The van der Waals surface area contributed by atoms with E-state index in [1.54, 1.807) is 4.90 Å². The van der Waals surface area contributed by atoms with Crippen LogP contribution in [0.1, 0.15) is 0 Å². The fourth-order valence-electron chi connectivity index (χ4n) is 2.30. The van der Waals surface area contributed by atoms with E-state index in [1.165, 1.54) is 0 Å². The molecular formula is C13H16BrClN2O2. The molecule has 1 aromatic carbocycles. The molecule has 4 nitrogen and oxygen atoms in total. The minimum absolute atomic E-state index is 0.0330. The Morgan fingerprint density at radius 3 is 2.63 bits per heavy atom. The van der Waals surface area contributed by atoms with Crippen LogP contribution in [0.2, 0.25) is 0 Å². The van der Waals surface area contributed by atoms with Crippen molar-refractivity contribution in [3.05, 3.63) is 28.7 Å². The van der Waals surface area contributed by atoms with E-state index in [0.29, 0.717) is 13.1 Å². The molecule has 0 spiro atoms. The largest absolute Gasteiger partial charge is 0.394 e. The number of amides is 1. The smallest absolute Gasteiger partial charge is 0.237 e. The summed E-state index contributed by atoms with van der Waals surface area (Å²) in [6.45, 7) is 1.92. The van der Waals surface area contributed by atoms with Crippen molar-refractivity contribution in [2.24, 2.45) is 0 Å². The lowest BCUT2D eigenvalue weighted by molar-refractivity contribution is -0.132. The quantitative estimate of drug-likeness (QED) is 0.847. The third-order valence-corrected chi connectivity index (χ3v) is 4.08. The molecule has 0 unspecified atom stereocenters. The Kier molecular flexibility index (Phi) is 5.07. The highest BCUT2D eigenvalue weighted by Crippen LogP contribution is 2.21. The second kappa shape index (κ2) is 6.59. The SMILES string of the molecule is O=C(CCl)N1CCN(c2ccc(Br)cc2)C[C@H]1CO. The number of halogens is 2. The van der Waals surface area contributed by atoms with Gasteiger partial charge in [0.15, 0.2) is 0 Å². The van der Waals surface area contributed by atoms with E-state index >= 15 is 0 Å². The van der Waals surface area contributed by atoms with E-state index in [9.17, 15) is 9.90 Å². The van der Waals surface area contributed by atoms with Crippen LogP contribution in [0.15, 0.2) is 28.7 Å². The number of aliphatic hydroxyl groups excluding tert-OH is 1. The van der Waals surface area contributed by atoms with Crippen LogP contribution in [0.5, 0.6) is 0 Å². The van der Waals surface area contributed by atoms with Gasteiger partial charge < -0.3 is 14.9 Å². The zero-order valence-corrected chi connectivity index (χ0v) is 12.8. The number of carbonyl (C=O) groups is 1. The zero-order valence-electron chi connectivity index (χ0n) is 10.4. The van der Waals surface area contributed by atoms with E-state index in [0.717, 1.165) is 16.7 Å². The molecule has 0 aromatic heterocycles. The highest BCUT2D eigenvalue weighted by atomic mass is 79.9. The molecule has 1 fully saturated rings. The van der Waals surface area contributed by atoms with Gasteiger partial charge in [-0.15, -0.1) is 11.6 Å². The van der Waals surface area contributed by atoms with Crippen LogP contribution in [0.25, 0.3) is 0 Å². The number of aliphatic hydroxyl groups is 1. The molecule has 1 saturated heterocycles. The second-order valence-corrected chi connectivity index (χ2v) is 5.66. The van der Waals surface area contributed by atoms with Crippen molar-refractivity contribution in [2.75, 3.05) is 37.0 Å². The first-order valence-corrected chi connectivity index (χ1v) is 7.45. The molecule has 0 saturated carbocycles. The summed E-state index contributed by atoms with van der Waals surface area (Å²) in [5, 5.41) is 9.44. The molecule has 1 amide bonds. The van der Waals surface area contributed by atoms with Gasteiger partial charge in [0.05, 0.1) is 12.6 Å². The molecule has 1 atom stereocenters. The van der Waals surface area contributed by atoms with Gasteiger partial charge >= 0.3 is 0 Å². The number of hydrogen-bond acceptors (Lipinski definition) is 3. The Balaban J connectivity index is 2.08. The summed E-state index contributed by atoms with van der Waals surface area (Å²) in [7, 11) is 0. The van der Waals surface area contributed by atoms with Crippen LogP contribution in [-0.2, 0) is 4.79 Å². The average Bonchev–Trinajstić information content (AvgIpc) is 2.46. The molecule has 0 radical (unpaired) electrons. The first-order valence-electron chi connectivity index (χ1n) is 6.12. The maximum atomic E-state index is 11.7. The van der Waals surface area contributed by atoms with Gasteiger partial charge in [0.25, 0.3) is 0 Å². The fraction of sp³-hybridized carbons (Fsp3) is 0.462. The predicted octanol–water partition coefficient (Wildman–Crippen LogP) is 1.70. The predicted molar refractivity (Wildman–Crippen MR) is 79.7 cm³/mol. The minimum Gasteiger partial charge on any atom is -0.394 e. The highest BCUT2D eigenvalue weighted by molar-refractivity contribution is 9.10. The third kappa shape index (κ3) is 3.41. The lowest BCUT2D eigenvalue weighted by Gasteiger charge is -2.41. The Morgan fingerprint density at radius 2 is 2.05 bits per heavy atom. The molecule has 1 aromatic rings. The Bertz CT molecular complexity index is 441. The van der Waals surface area contributed by atoms with Crippen molar-refractivity contribution >= 4 is 39.1 Å². The Labute approximate surface area is 126 Å². The zero-order chi connectivity index (χ0) is 13.8. The third-order valence-electron chi connectivity index (χ3n) is 3.32. The lowest BCUT2D eigenvalue weighted by Crippen LogP contribution is -2.57. The lowest BCUT2D eigenvalue weighted by atomic mass is 10.1. The van der Waals surface area contributed by atoms with Crippen LogP contribution in [-0.4, -0.2) is 54.1 Å². The van der Waals surface area contributed by atoms with Crippen LogP contribution in [0.4, 0.5) is 5.69 Å². The number of nitrogens with zero attached hydrogens (tertiary/aromatic N) is 2. The topological polar surface area (TPSA) is 43.8 Å². The van der Waals surface area contributed by atoms with Gasteiger partial charge in [-0.25, -0.2) is 0 Å². The van der Waals surface area contributed by atoms with Gasteiger partial charge in [0.2, 0.25) is 5.91 Å². The van der Waals surface area contributed by atoms with Gasteiger partial charge in [0, 0.05) is 29.8 Å². The second-order valence-electron chi connectivity index (χ2n) is 4.48. The number of rotatable bonds is 3. The average molecular weight is 348 g/mol. The molecule has 0 aliphatic carbocycles. The molecule has 1 N–H and O–H groups in total. The first kappa shape index (κ1) is 14.6. The number of piperazine rings is 1. The van der Waals surface area contributed by atoms with Crippen LogP contribution in [0.3, 0.4) is 0 Å². The molecule has 2 rings (SSSR count). The van der Waals surface area contributed by atoms with Crippen molar-refractivity contribution in [3.63, 3.8) is 0 Å². The van der Waals surface area contributed by atoms with Gasteiger partial charge in [-0.3, -0.25) is 4.79 Å². The molecule has 0 bridgehead atoms. The molecule has 19 heavy (non-hydrogen) atoms. The maximum Gasteiger partial charge on any atom is 0.237 e. The van der Waals surface area contributed by atoms with Crippen molar-refractivity contribution in [1.82, 2.24) is 4.90 Å². The van der Waals surface area contributed by atoms with Gasteiger partial charge in [0.1, 0.15) is 5.88 Å². The van der Waals surface area contributed by atoms with E-state index in [-0.39, 0.29) is 24.4 Å². The Hall–Kier alpha value is -0.780. The van der Waals surface area contributed by atoms with Crippen LogP contribution >= 0.6 is 27.5 Å². The first-order chi connectivity index (χ1) is 9.15.